The fraction of sp³-hybridized carbons (Fsp3) is 0.357. The van der Waals surface area contributed by atoms with Crippen LogP contribution < -0.4 is 15.8 Å². The van der Waals surface area contributed by atoms with Crippen molar-refractivity contribution < 1.29 is 23.9 Å². The summed E-state index contributed by atoms with van der Waals surface area (Å²) < 4.78 is 10.2. The van der Waals surface area contributed by atoms with Gasteiger partial charge in [-0.05, 0) is 18.1 Å². The van der Waals surface area contributed by atoms with E-state index in [-0.39, 0.29) is 11.5 Å². The molecule has 0 saturated heterocycles. The second kappa shape index (κ2) is 7.28. The molecule has 3 amide bonds. The van der Waals surface area contributed by atoms with Crippen LogP contribution in [0, 0.1) is 5.92 Å². The maximum Gasteiger partial charge on any atom is 0.342 e. The van der Waals surface area contributed by atoms with E-state index in [0.29, 0.717) is 5.75 Å². The van der Waals surface area contributed by atoms with Crippen molar-refractivity contribution in [2.24, 2.45) is 11.7 Å². The Bertz CT molecular complexity index is 542. The molecule has 0 bridgehead atoms. The molecular formula is C14H18N2O5. The van der Waals surface area contributed by atoms with Crippen LogP contribution in [-0.2, 0) is 9.53 Å². The Hall–Kier alpha value is -2.57. The van der Waals surface area contributed by atoms with Gasteiger partial charge in [-0.2, -0.15) is 0 Å². The molecule has 0 heterocycles. The molecule has 3 N–H and O–H groups in total. The van der Waals surface area contributed by atoms with Gasteiger partial charge in [0.1, 0.15) is 11.3 Å². The molecule has 0 aliphatic rings. The molecular weight excluding hydrogens is 276 g/mol. The summed E-state index contributed by atoms with van der Waals surface area (Å²) in [5.41, 5.74) is 5.08. The molecule has 114 valence electrons. The monoisotopic (exact) mass is 294 g/mol. The summed E-state index contributed by atoms with van der Waals surface area (Å²) in [5.74, 6) is -1.48. The standard InChI is InChI=1S/C14H18N2O5/c1-8(2)11(12(17)16-14(15)19)21-13(18)9-6-4-5-7-10(9)20-3/h4-8,11H,1-3H3,(H3,15,16,17,19)/t11-/m0/s1. The molecule has 0 radical (unpaired) electrons. The molecule has 0 aromatic heterocycles. The molecule has 7 heteroatoms. The van der Waals surface area contributed by atoms with E-state index in [2.05, 4.69) is 0 Å². The van der Waals surface area contributed by atoms with Crippen LogP contribution >= 0.6 is 0 Å². The molecule has 0 fully saturated rings. The van der Waals surface area contributed by atoms with Crippen molar-refractivity contribution in [1.29, 1.82) is 0 Å². The zero-order chi connectivity index (χ0) is 16.0. The number of primary amides is 1. The minimum Gasteiger partial charge on any atom is -0.496 e. The number of amides is 3. The van der Waals surface area contributed by atoms with E-state index in [9.17, 15) is 14.4 Å². The van der Waals surface area contributed by atoms with E-state index in [1.807, 2.05) is 5.32 Å². The van der Waals surface area contributed by atoms with Crippen molar-refractivity contribution in [1.82, 2.24) is 5.32 Å². The van der Waals surface area contributed by atoms with Gasteiger partial charge in [0.25, 0.3) is 5.91 Å². The minimum absolute atomic E-state index is 0.192. The molecule has 1 rings (SSSR count). The Morgan fingerprint density at radius 1 is 1.19 bits per heavy atom. The highest BCUT2D eigenvalue weighted by Gasteiger charge is 2.28. The first kappa shape index (κ1) is 16.5. The second-order valence-corrected chi connectivity index (χ2v) is 4.62. The largest absolute Gasteiger partial charge is 0.496 e. The van der Waals surface area contributed by atoms with Gasteiger partial charge in [-0.1, -0.05) is 26.0 Å². The predicted octanol–water partition coefficient (Wildman–Crippen LogP) is 1.07. The van der Waals surface area contributed by atoms with Crippen molar-refractivity contribution >= 4 is 17.9 Å². The lowest BCUT2D eigenvalue weighted by molar-refractivity contribution is -0.130. The Morgan fingerprint density at radius 3 is 2.33 bits per heavy atom. The van der Waals surface area contributed by atoms with Crippen LogP contribution in [0.15, 0.2) is 24.3 Å². The van der Waals surface area contributed by atoms with E-state index in [1.54, 1.807) is 32.0 Å². The maximum absolute atomic E-state index is 12.1. The number of benzene rings is 1. The van der Waals surface area contributed by atoms with Gasteiger partial charge < -0.3 is 15.2 Å². The first-order valence-corrected chi connectivity index (χ1v) is 6.31. The topological polar surface area (TPSA) is 108 Å². The zero-order valence-electron chi connectivity index (χ0n) is 12.1. The fourth-order valence-corrected chi connectivity index (χ4v) is 1.68. The van der Waals surface area contributed by atoms with E-state index in [1.165, 1.54) is 13.2 Å². The first-order valence-electron chi connectivity index (χ1n) is 6.31. The summed E-state index contributed by atoms with van der Waals surface area (Å²) >= 11 is 0. The summed E-state index contributed by atoms with van der Waals surface area (Å²) in [7, 11) is 1.42. The highest BCUT2D eigenvalue weighted by atomic mass is 16.6. The van der Waals surface area contributed by atoms with Gasteiger partial charge in [0, 0.05) is 0 Å². The Balaban J connectivity index is 2.91. The van der Waals surface area contributed by atoms with E-state index < -0.39 is 24.0 Å². The lowest BCUT2D eigenvalue weighted by atomic mass is 10.1. The number of nitrogens with two attached hydrogens (primary N) is 1. The summed E-state index contributed by atoms with van der Waals surface area (Å²) in [5, 5.41) is 1.90. The lowest BCUT2D eigenvalue weighted by Gasteiger charge is -2.20. The smallest absolute Gasteiger partial charge is 0.342 e. The molecule has 21 heavy (non-hydrogen) atoms. The maximum atomic E-state index is 12.1. The normalized spacial score (nSPS) is 11.6. The minimum atomic E-state index is -1.13. The third-order valence-electron chi connectivity index (χ3n) is 2.67. The summed E-state index contributed by atoms with van der Waals surface area (Å²) in [4.78, 5) is 34.6. The average molecular weight is 294 g/mol. The number of para-hydroxylation sites is 1. The molecule has 1 aromatic rings. The van der Waals surface area contributed by atoms with Gasteiger partial charge in [0.15, 0.2) is 6.10 Å². The quantitative estimate of drug-likeness (QED) is 0.790. The number of nitrogens with one attached hydrogen (secondary N) is 1. The van der Waals surface area contributed by atoms with E-state index in [4.69, 9.17) is 15.2 Å². The molecule has 7 nitrogen and oxygen atoms in total. The van der Waals surface area contributed by atoms with Crippen LogP contribution in [0.5, 0.6) is 5.75 Å². The number of hydrogen-bond acceptors (Lipinski definition) is 5. The number of methoxy groups -OCH3 is 1. The van der Waals surface area contributed by atoms with Gasteiger partial charge >= 0.3 is 12.0 Å². The number of esters is 1. The van der Waals surface area contributed by atoms with Crippen molar-refractivity contribution in [3.05, 3.63) is 29.8 Å². The van der Waals surface area contributed by atoms with Crippen LogP contribution in [0.2, 0.25) is 0 Å². The second-order valence-electron chi connectivity index (χ2n) is 4.62. The Kier molecular flexibility index (Phi) is 5.71. The molecule has 1 aromatic carbocycles. The molecule has 0 spiro atoms. The van der Waals surface area contributed by atoms with Gasteiger partial charge in [-0.3, -0.25) is 10.1 Å². The van der Waals surface area contributed by atoms with E-state index in [0.717, 1.165) is 0 Å². The van der Waals surface area contributed by atoms with E-state index >= 15 is 0 Å². The van der Waals surface area contributed by atoms with Crippen LogP contribution in [0.1, 0.15) is 24.2 Å². The van der Waals surface area contributed by atoms with Crippen molar-refractivity contribution in [2.45, 2.75) is 20.0 Å². The van der Waals surface area contributed by atoms with Crippen molar-refractivity contribution in [3.63, 3.8) is 0 Å². The predicted molar refractivity (Wildman–Crippen MR) is 74.8 cm³/mol. The zero-order valence-corrected chi connectivity index (χ0v) is 12.1. The highest BCUT2D eigenvalue weighted by Crippen LogP contribution is 2.20. The SMILES string of the molecule is COc1ccccc1C(=O)O[C@H](C(=O)NC(N)=O)C(C)C. The van der Waals surface area contributed by atoms with Gasteiger partial charge in [0.05, 0.1) is 7.11 Å². The van der Waals surface area contributed by atoms with Crippen LogP contribution in [0.25, 0.3) is 0 Å². The van der Waals surface area contributed by atoms with Gasteiger partial charge in [-0.25, -0.2) is 9.59 Å². The number of urea groups is 1. The third kappa shape index (κ3) is 4.48. The fourth-order valence-electron chi connectivity index (χ4n) is 1.68. The van der Waals surface area contributed by atoms with Crippen LogP contribution in [0.4, 0.5) is 4.79 Å². The number of ether oxygens (including phenoxy) is 2. The first-order chi connectivity index (χ1) is 9.86. The van der Waals surface area contributed by atoms with Gasteiger partial charge in [0.2, 0.25) is 0 Å². The number of carbonyl (C=O) groups excluding carboxylic acids is 3. The molecule has 0 aliphatic carbocycles. The van der Waals surface area contributed by atoms with Crippen molar-refractivity contribution in [2.75, 3.05) is 7.11 Å². The summed E-state index contributed by atoms with van der Waals surface area (Å²) in [6.45, 7) is 3.36. The third-order valence-corrected chi connectivity index (χ3v) is 2.67. The average Bonchev–Trinajstić information content (AvgIpc) is 2.43. The number of hydrogen-bond donors (Lipinski definition) is 2. The number of carbonyl (C=O) groups is 3. The van der Waals surface area contributed by atoms with Crippen LogP contribution in [-0.4, -0.2) is 31.1 Å². The molecule has 0 aliphatic heterocycles. The molecule has 0 unspecified atom stereocenters. The molecule has 1 atom stereocenters. The summed E-state index contributed by atoms with van der Waals surface area (Å²) in [6.07, 6.45) is -1.13. The Labute approximate surface area is 122 Å². The number of imide groups is 1. The Morgan fingerprint density at radius 2 is 1.81 bits per heavy atom. The highest BCUT2D eigenvalue weighted by molar-refractivity contribution is 5.99. The number of rotatable bonds is 5. The van der Waals surface area contributed by atoms with Crippen molar-refractivity contribution in [3.8, 4) is 5.75 Å². The molecule has 0 saturated carbocycles. The van der Waals surface area contributed by atoms with Gasteiger partial charge in [-0.15, -0.1) is 0 Å². The summed E-state index contributed by atoms with van der Waals surface area (Å²) in [6, 6.07) is 5.47. The van der Waals surface area contributed by atoms with Crippen LogP contribution in [0.3, 0.4) is 0 Å². The lowest BCUT2D eigenvalue weighted by Crippen LogP contribution is -2.45.